The maximum atomic E-state index is 12.3. The van der Waals surface area contributed by atoms with E-state index < -0.39 is 5.60 Å². The minimum Gasteiger partial charge on any atom is -0.444 e. The lowest BCUT2D eigenvalue weighted by atomic mass is 9.72. The van der Waals surface area contributed by atoms with Crippen molar-refractivity contribution in [3.63, 3.8) is 0 Å². The van der Waals surface area contributed by atoms with Gasteiger partial charge in [-0.05, 0) is 51.9 Å². The third kappa shape index (κ3) is 4.32. The van der Waals surface area contributed by atoms with Gasteiger partial charge < -0.3 is 20.3 Å². The summed E-state index contributed by atoms with van der Waals surface area (Å²) in [6.45, 7) is 9.14. The van der Waals surface area contributed by atoms with Crippen LogP contribution in [0.2, 0.25) is 0 Å². The van der Waals surface area contributed by atoms with Gasteiger partial charge in [0.1, 0.15) is 5.60 Å². The van der Waals surface area contributed by atoms with Gasteiger partial charge >= 0.3 is 6.09 Å². The molecular weight excluding hydrogens is 318 g/mol. The first kappa shape index (κ1) is 17.8. The Hall–Kier alpha value is -2.05. The monoisotopic (exact) mass is 347 g/mol. The molecule has 0 atom stereocenters. The highest BCUT2D eigenvalue weighted by Crippen LogP contribution is 2.40. The maximum Gasteiger partial charge on any atom is 0.410 e. The SMILES string of the molecule is CC(C)(C)OC(=O)N1CCC2(CCCN(c3ncc(N)cn3)C2)CC1. The van der Waals surface area contributed by atoms with E-state index in [0.29, 0.717) is 5.69 Å². The van der Waals surface area contributed by atoms with Crippen LogP contribution in [0, 0.1) is 5.41 Å². The zero-order valence-electron chi connectivity index (χ0n) is 15.5. The van der Waals surface area contributed by atoms with Crippen molar-refractivity contribution in [2.45, 2.75) is 52.1 Å². The molecule has 0 aliphatic carbocycles. The van der Waals surface area contributed by atoms with Gasteiger partial charge in [0.15, 0.2) is 0 Å². The van der Waals surface area contributed by atoms with E-state index in [4.69, 9.17) is 10.5 Å². The van der Waals surface area contributed by atoms with Gasteiger partial charge in [-0.3, -0.25) is 0 Å². The highest BCUT2D eigenvalue weighted by molar-refractivity contribution is 5.68. The number of piperidine rings is 2. The van der Waals surface area contributed by atoms with E-state index in [2.05, 4.69) is 14.9 Å². The quantitative estimate of drug-likeness (QED) is 0.841. The number of anilines is 2. The van der Waals surface area contributed by atoms with Crippen molar-refractivity contribution < 1.29 is 9.53 Å². The summed E-state index contributed by atoms with van der Waals surface area (Å²) < 4.78 is 5.50. The Morgan fingerprint density at radius 1 is 1.16 bits per heavy atom. The molecule has 1 spiro atoms. The minimum atomic E-state index is -0.444. The Balaban J connectivity index is 1.60. The summed E-state index contributed by atoms with van der Waals surface area (Å²) in [6.07, 6.45) is 7.44. The summed E-state index contributed by atoms with van der Waals surface area (Å²) in [7, 11) is 0. The lowest BCUT2D eigenvalue weighted by molar-refractivity contribution is 0.00811. The van der Waals surface area contributed by atoms with E-state index in [1.54, 1.807) is 12.4 Å². The van der Waals surface area contributed by atoms with Crippen LogP contribution in [-0.4, -0.2) is 52.7 Å². The Labute approximate surface area is 149 Å². The first-order chi connectivity index (χ1) is 11.8. The molecule has 1 aromatic heterocycles. The van der Waals surface area contributed by atoms with E-state index in [1.165, 1.54) is 6.42 Å². The molecule has 2 saturated heterocycles. The maximum absolute atomic E-state index is 12.3. The highest BCUT2D eigenvalue weighted by atomic mass is 16.6. The molecule has 3 heterocycles. The molecule has 0 radical (unpaired) electrons. The highest BCUT2D eigenvalue weighted by Gasteiger charge is 2.40. The van der Waals surface area contributed by atoms with E-state index >= 15 is 0 Å². The van der Waals surface area contributed by atoms with Crippen molar-refractivity contribution in [1.29, 1.82) is 0 Å². The van der Waals surface area contributed by atoms with Crippen molar-refractivity contribution in [2.75, 3.05) is 36.8 Å². The number of nitrogens with two attached hydrogens (primary N) is 1. The molecule has 7 heteroatoms. The van der Waals surface area contributed by atoms with Crippen LogP contribution in [0.25, 0.3) is 0 Å². The Morgan fingerprint density at radius 2 is 1.80 bits per heavy atom. The second kappa shape index (κ2) is 6.69. The van der Waals surface area contributed by atoms with E-state index in [9.17, 15) is 4.79 Å². The molecule has 7 nitrogen and oxygen atoms in total. The van der Waals surface area contributed by atoms with Crippen LogP contribution in [0.1, 0.15) is 46.5 Å². The molecule has 2 N–H and O–H groups in total. The minimum absolute atomic E-state index is 0.197. The van der Waals surface area contributed by atoms with Gasteiger partial charge in [-0.25, -0.2) is 14.8 Å². The molecule has 2 aliphatic rings. The number of rotatable bonds is 1. The third-order valence-corrected chi connectivity index (χ3v) is 5.08. The fourth-order valence-corrected chi connectivity index (χ4v) is 3.77. The van der Waals surface area contributed by atoms with E-state index in [0.717, 1.165) is 51.4 Å². The van der Waals surface area contributed by atoms with Gasteiger partial charge in [0.05, 0.1) is 18.1 Å². The molecule has 1 amide bonds. The smallest absolute Gasteiger partial charge is 0.410 e. The first-order valence-corrected chi connectivity index (χ1v) is 9.07. The fourth-order valence-electron chi connectivity index (χ4n) is 3.77. The van der Waals surface area contributed by atoms with Crippen LogP contribution >= 0.6 is 0 Å². The van der Waals surface area contributed by atoms with Crippen molar-refractivity contribution in [1.82, 2.24) is 14.9 Å². The van der Waals surface area contributed by atoms with Gasteiger partial charge in [0, 0.05) is 26.2 Å². The number of nitrogen functional groups attached to an aromatic ring is 1. The normalized spacial score (nSPS) is 20.6. The van der Waals surface area contributed by atoms with Crippen LogP contribution in [0.3, 0.4) is 0 Å². The average molecular weight is 347 g/mol. The summed E-state index contributed by atoms with van der Waals surface area (Å²) in [5.41, 5.74) is 6.06. The van der Waals surface area contributed by atoms with Crippen molar-refractivity contribution in [2.24, 2.45) is 5.41 Å². The number of carbonyl (C=O) groups excluding carboxylic acids is 1. The van der Waals surface area contributed by atoms with E-state index in [1.807, 2.05) is 25.7 Å². The molecule has 0 aromatic carbocycles. The predicted octanol–water partition coefficient (Wildman–Crippen LogP) is 2.68. The standard InChI is InChI=1S/C18H29N5O2/c1-17(2,3)25-16(24)22-9-6-18(7-10-22)5-4-8-23(13-18)15-20-11-14(19)12-21-15/h11-12H,4-10,13,19H2,1-3H3. The van der Waals surface area contributed by atoms with Crippen LogP contribution in [0.4, 0.5) is 16.4 Å². The number of hydrogen-bond acceptors (Lipinski definition) is 6. The Morgan fingerprint density at radius 3 is 2.40 bits per heavy atom. The van der Waals surface area contributed by atoms with Crippen molar-refractivity contribution >= 4 is 17.7 Å². The lowest BCUT2D eigenvalue weighted by Crippen LogP contribution is -2.51. The fraction of sp³-hybridized carbons (Fsp3) is 0.722. The molecular formula is C18H29N5O2. The molecule has 0 bridgehead atoms. The van der Waals surface area contributed by atoms with Gasteiger partial charge in [0.25, 0.3) is 0 Å². The van der Waals surface area contributed by atoms with Gasteiger partial charge in [0.2, 0.25) is 5.95 Å². The number of carbonyl (C=O) groups is 1. The second-order valence-corrected chi connectivity index (χ2v) is 8.31. The lowest BCUT2D eigenvalue weighted by Gasteiger charge is -2.47. The van der Waals surface area contributed by atoms with Crippen LogP contribution in [0.15, 0.2) is 12.4 Å². The van der Waals surface area contributed by atoms with Gasteiger partial charge in [-0.2, -0.15) is 0 Å². The van der Waals surface area contributed by atoms with E-state index in [-0.39, 0.29) is 11.5 Å². The topological polar surface area (TPSA) is 84.6 Å². The Bertz CT molecular complexity index is 603. The molecule has 2 fully saturated rings. The molecule has 138 valence electrons. The summed E-state index contributed by atoms with van der Waals surface area (Å²) in [4.78, 5) is 25.1. The number of aromatic nitrogens is 2. The van der Waals surface area contributed by atoms with Crippen LogP contribution in [0.5, 0.6) is 0 Å². The molecule has 2 aliphatic heterocycles. The average Bonchev–Trinajstić information content (AvgIpc) is 2.54. The van der Waals surface area contributed by atoms with Crippen LogP contribution < -0.4 is 10.6 Å². The number of nitrogens with zero attached hydrogens (tertiary/aromatic N) is 4. The van der Waals surface area contributed by atoms with Gasteiger partial charge in [-0.15, -0.1) is 0 Å². The summed E-state index contributed by atoms with van der Waals surface area (Å²) >= 11 is 0. The molecule has 0 saturated carbocycles. The summed E-state index contributed by atoms with van der Waals surface area (Å²) in [5.74, 6) is 0.753. The summed E-state index contributed by atoms with van der Waals surface area (Å²) in [5, 5.41) is 0. The first-order valence-electron chi connectivity index (χ1n) is 9.07. The molecule has 0 unspecified atom stereocenters. The summed E-state index contributed by atoms with van der Waals surface area (Å²) in [6, 6.07) is 0. The second-order valence-electron chi connectivity index (χ2n) is 8.31. The zero-order valence-corrected chi connectivity index (χ0v) is 15.5. The van der Waals surface area contributed by atoms with Crippen molar-refractivity contribution in [3.8, 4) is 0 Å². The molecule has 25 heavy (non-hydrogen) atoms. The molecule has 3 rings (SSSR count). The van der Waals surface area contributed by atoms with Crippen molar-refractivity contribution in [3.05, 3.63) is 12.4 Å². The Kier molecular flexibility index (Phi) is 4.75. The van der Waals surface area contributed by atoms with Crippen LogP contribution in [-0.2, 0) is 4.74 Å². The number of likely N-dealkylation sites (tertiary alicyclic amines) is 1. The number of amides is 1. The molecule has 1 aromatic rings. The third-order valence-electron chi connectivity index (χ3n) is 5.08. The zero-order chi connectivity index (χ0) is 18.1. The predicted molar refractivity (Wildman–Crippen MR) is 97.4 cm³/mol. The largest absolute Gasteiger partial charge is 0.444 e. The number of ether oxygens (including phenoxy) is 1. The van der Waals surface area contributed by atoms with Gasteiger partial charge in [-0.1, -0.05) is 0 Å². The number of hydrogen-bond donors (Lipinski definition) is 1.